The van der Waals surface area contributed by atoms with E-state index in [4.69, 9.17) is 17.3 Å². The zero-order valence-electron chi connectivity index (χ0n) is 16.4. The molecule has 10 heteroatoms. The van der Waals surface area contributed by atoms with Crippen LogP contribution in [-0.2, 0) is 10.0 Å². The number of sulfonamides is 1. The van der Waals surface area contributed by atoms with Gasteiger partial charge in [0.15, 0.2) is 0 Å². The number of rotatable bonds is 7. The highest BCUT2D eigenvalue weighted by Gasteiger charge is 2.36. The molecule has 2 heterocycles. The van der Waals surface area contributed by atoms with E-state index in [-0.39, 0.29) is 10.7 Å². The number of nitrogens with zero attached hydrogens (tertiary/aromatic N) is 4. The Labute approximate surface area is 184 Å². The molecule has 1 aromatic carbocycles. The molecule has 0 saturated heterocycles. The first-order chi connectivity index (χ1) is 14.9. The van der Waals surface area contributed by atoms with E-state index >= 15 is 0 Å². The first-order valence-corrected chi connectivity index (χ1v) is 11.3. The fourth-order valence-electron chi connectivity index (χ4n) is 3.06. The van der Waals surface area contributed by atoms with Crippen LogP contribution in [0.3, 0.4) is 0 Å². The average molecular weight is 455 g/mol. The first kappa shape index (κ1) is 21.0. The van der Waals surface area contributed by atoms with Gasteiger partial charge < -0.3 is 5.73 Å². The van der Waals surface area contributed by atoms with Crippen molar-refractivity contribution in [1.29, 1.82) is 0 Å². The summed E-state index contributed by atoms with van der Waals surface area (Å²) in [4.78, 5) is 8.71. The molecule has 1 fully saturated rings. The summed E-state index contributed by atoms with van der Waals surface area (Å²) in [6.45, 7) is 3.67. The molecule has 31 heavy (non-hydrogen) atoms. The minimum atomic E-state index is -3.51. The van der Waals surface area contributed by atoms with Crippen molar-refractivity contribution in [2.75, 3.05) is 0 Å². The van der Waals surface area contributed by atoms with Crippen molar-refractivity contribution in [1.82, 2.24) is 24.9 Å². The quantitative estimate of drug-likeness (QED) is 0.525. The highest BCUT2D eigenvalue weighted by atomic mass is 35.5. The number of benzene rings is 1. The minimum absolute atomic E-state index is 0.0660. The fraction of sp³-hybridized carbons (Fsp3) is 0.143. The molecule has 0 aliphatic heterocycles. The van der Waals surface area contributed by atoms with Gasteiger partial charge in [-0.05, 0) is 48.3 Å². The molecule has 158 valence electrons. The van der Waals surface area contributed by atoms with Crippen molar-refractivity contribution in [2.24, 2.45) is 5.73 Å². The van der Waals surface area contributed by atoms with E-state index in [0.29, 0.717) is 24.1 Å². The lowest BCUT2D eigenvalue weighted by atomic mass is 10.0. The highest BCUT2D eigenvalue weighted by Crippen LogP contribution is 2.31. The maximum atomic E-state index is 12.4. The molecule has 0 unspecified atom stereocenters. The van der Waals surface area contributed by atoms with E-state index in [1.54, 1.807) is 18.5 Å². The summed E-state index contributed by atoms with van der Waals surface area (Å²) >= 11 is 6.07. The number of halogens is 1. The smallest absolute Gasteiger partial charge is 0.235 e. The van der Waals surface area contributed by atoms with Gasteiger partial charge in [0.05, 0.1) is 39.6 Å². The summed E-state index contributed by atoms with van der Waals surface area (Å²) in [5, 5.41) is 8.17. The third-order valence-corrected chi connectivity index (χ3v) is 6.87. The third-order valence-electron chi connectivity index (χ3n) is 4.81. The SMILES string of the molecule is C=C(Cl)/C(=C\C(=C/N)c1ccc2ncnc(-c3ccnnc3)c2c1)NS(=O)(=O)C1CC1. The van der Waals surface area contributed by atoms with Crippen molar-refractivity contribution < 1.29 is 8.42 Å². The Morgan fingerprint density at radius 1 is 1.23 bits per heavy atom. The van der Waals surface area contributed by atoms with Crippen molar-refractivity contribution >= 4 is 38.1 Å². The monoisotopic (exact) mass is 454 g/mol. The van der Waals surface area contributed by atoms with Crippen LogP contribution in [-0.4, -0.2) is 33.8 Å². The Morgan fingerprint density at radius 2 is 2.03 bits per heavy atom. The van der Waals surface area contributed by atoms with Crippen LogP contribution in [0.4, 0.5) is 0 Å². The van der Waals surface area contributed by atoms with E-state index in [1.807, 2.05) is 24.3 Å². The predicted molar refractivity (Wildman–Crippen MR) is 121 cm³/mol. The summed E-state index contributed by atoms with van der Waals surface area (Å²) in [6.07, 6.45) is 8.90. The number of nitrogens with one attached hydrogen (secondary N) is 1. The maximum absolute atomic E-state index is 12.4. The Hall–Kier alpha value is -3.30. The van der Waals surface area contributed by atoms with Gasteiger partial charge in [0.2, 0.25) is 10.0 Å². The lowest BCUT2D eigenvalue weighted by Gasteiger charge is -2.12. The molecule has 8 nitrogen and oxygen atoms in total. The topological polar surface area (TPSA) is 124 Å². The molecule has 0 amide bonds. The standard InChI is InChI=1S/C21H19ClN6O2S/c1-13(22)20(28-31(29,30)17-3-4-17)9-16(10-23)14-2-5-19-18(8-14)21(25-12-24-19)15-6-7-26-27-11-15/h2,5-12,17,28H,1,3-4,23H2/b16-10+,20-9+. The van der Waals surface area contributed by atoms with Gasteiger partial charge in [-0.2, -0.15) is 10.2 Å². The molecule has 3 aromatic rings. The van der Waals surface area contributed by atoms with Gasteiger partial charge in [-0.1, -0.05) is 24.2 Å². The number of aromatic nitrogens is 4. The normalized spacial score (nSPS) is 15.1. The molecule has 0 bridgehead atoms. The maximum Gasteiger partial charge on any atom is 0.235 e. The predicted octanol–water partition coefficient (Wildman–Crippen LogP) is 3.10. The van der Waals surface area contributed by atoms with E-state index in [1.165, 1.54) is 12.5 Å². The van der Waals surface area contributed by atoms with Gasteiger partial charge in [0, 0.05) is 17.1 Å². The van der Waals surface area contributed by atoms with Crippen LogP contribution in [0.25, 0.3) is 27.7 Å². The molecule has 1 saturated carbocycles. The van der Waals surface area contributed by atoms with Gasteiger partial charge >= 0.3 is 0 Å². The zero-order chi connectivity index (χ0) is 22.0. The molecule has 1 aliphatic carbocycles. The van der Waals surface area contributed by atoms with Crippen molar-refractivity contribution in [3.05, 3.63) is 78.1 Å². The second kappa shape index (κ2) is 8.44. The van der Waals surface area contributed by atoms with Crippen molar-refractivity contribution in [3.8, 4) is 11.3 Å². The van der Waals surface area contributed by atoms with Crippen LogP contribution in [0.15, 0.2) is 72.6 Å². The van der Waals surface area contributed by atoms with E-state index < -0.39 is 15.3 Å². The summed E-state index contributed by atoms with van der Waals surface area (Å²) in [5.74, 6) is 0. The van der Waals surface area contributed by atoms with Crippen LogP contribution in [0, 0.1) is 0 Å². The van der Waals surface area contributed by atoms with Gasteiger partial charge in [-0.3, -0.25) is 4.72 Å². The molecule has 0 radical (unpaired) electrons. The van der Waals surface area contributed by atoms with Gasteiger partial charge in [-0.25, -0.2) is 18.4 Å². The third kappa shape index (κ3) is 4.57. The highest BCUT2D eigenvalue weighted by molar-refractivity contribution is 7.90. The van der Waals surface area contributed by atoms with E-state index in [0.717, 1.165) is 22.0 Å². The minimum Gasteiger partial charge on any atom is -0.404 e. The van der Waals surface area contributed by atoms with Gasteiger partial charge in [-0.15, -0.1) is 0 Å². The number of fused-ring (bicyclic) bond motifs is 1. The lowest BCUT2D eigenvalue weighted by molar-refractivity contribution is 0.588. The average Bonchev–Trinajstić information content (AvgIpc) is 3.62. The van der Waals surface area contributed by atoms with Crippen molar-refractivity contribution in [3.63, 3.8) is 0 Å². The Bertz CT molecular complexity index is 1320. The summed E-state index contributed by atoms with van der Waals surface area (Å²) in [7, 11) is -3.51. The van der Waals surface area contributed by atoms with Crippen LogP contribution < -0.4 is 10.5 Å². The van der Waals surface area contributed by atoms with E-state index in [2.05, 4.69) is 31.5 Å². The molecule has 3 N–H and O–H groups in total. The number of hydrogen-bond acceptors (Lipinski definition) is 7. The van der Waals surface area contributed by atoms with Gasteiger partial charge in [0.25, 0.3) is 0 Å². The molecule has 4 rings (SSSR count). The summed E-state index contributed by atoms with van der Waals surface area (Å²) in [5.41, 5.74) is 9.56. The molecule has 0 spiro atoms. The van der Waals surface area contributed by atoms with Crippen LogP contribution >= 0.6 is 11.6 Å². The lowest BCUT2D eigenvalue weighted by Crippen LogP contribution is -2.26. The summed E-state index contributed by atoms with van der Waals surface area (Å²) < 4.78 is 27.3. The molecule has 1 aliphatic rings. The van der Waals surface area contributed by atoms with E-state index in [9.17, 15) is 8.42 Å². The Morgan fingerprint density at radius 3 is 2.68 bits per heavy atom. The van der Waals surface area contributed by atoms with Crippen LogP contribution in [0.1, 0.15) is 18.4 Å². The largest absolute Gasteiger partial charge is 0.404 e. The molecular formula is C21H19ClN6O2S. The second-order valence-electron chi connectivity index (χ2n) is 7.02. The van der Waals surface area contributed by atoms with Gasteiger partial charge in [0.1, 0.15) is 6.33 Å². The first-order valence-electron chi connectivity index (χ1n) is 9.41. The molecule has 0 atom stereocenters. The van der Waals surface area contributed by atoms with Crippen LogP contribution in [0.2, 0.25) is 0 Å². The second-order valence-corrected chi connectivity index (χ2v) is 9.43. The Kier molecular flexibility index (Phi) is 5.71. The fourth-order valence-corrected chi connectivity index (χ4v) is 4.63. The zero-order valence-corrected chi connectivity index (χ0v) is 17.9. The number of allylic oxidation sites excluding steroid dienone is 3. The summed E-state index contributed by atoms with van der Waals surface area (Å²) in [6, 6.07) is 7.36. The van der Waals surface area contributed by atoms with Crippen molar-refractivity contribution in [2.45, 2.75) is 18.1 Å². The number of nitrogens with two attached hydrogens (primary N) is 1. The van der Waals surface area contributed by atoms with Crippen LogP contribution in [0.5, 0.6) is 0 Å². The molecule has 2 aromatic heterocycles. The molecular weight excluding hydrogens is 436 g/mol. The Balaban J connectivity index is 1.77. The number of hydrogen-bond donors (Lipinski definition) is 2.